The van der Waals surface area contributed by atoms with Crippen molar-refractivity contribution in [2.45, 2.75) is 4.90 Å². The Balaban J connectivity index is 2.01. The van der Waals surface area contributed by atoms with Crippen LogP contribution in [0.2, 0.25) is 5.02 Å². The number of benzene rings is 2. The van der Waals surface area contributed by atoms with E-state index in [-0.39, 0.29) is 0 Å². The summed E-state index contributed by atoms with van der Waals surface area (Å²) in [4.78, 5) is 5.74. The van der Waals surface area contributed by atoms with Crippen LogP contribution in [0.25, 0.3) is 0 Å². The lowest BCUT2D eigenvalue weighted by atomic mass is 10.3. The number of para-hydroxylation sites is 1. The van der Waals surface area contributed by atoms with Crippen LogP contribution in [0.1, 0.15) is 0 Å². The van der Waals surface area contributed by atoms with Crippen molar-refractivity contribution >= 4 is 45.9 Å². The zero-order valence-corrected chi connectivity index (χ0v) is 13.4. The Morgan fingerprint density at radius 1 is 1.05 bits per heavy atom. The molecule has 0 saturated carbocycles. The van der Waals surface area contributed by atoms with Crippen LogP contribution in [0.4, 0.5) is 5.69 Å². The molecule has 0 spiro atoms. The average Bonchev–Trinajstić information content (AvgIpc) is 2.49. The van der Waals surface area contributed by atoms with Crippen LogP contribution in [0.15, 0.2) is 76.0 Å². The molecule has 0 atom stereocenters. The maximum atomic E-state index is 5.86. The molecule has 2 aromatic carbocycles. The molecule has 0 fully saturated rings. The van der Waals surface area contributed by atoms with Gasteiger partial charge in [0.25, 0.3) is 0 Å². The zero-order chi connectivity index (χ0) is 14.2. The van der Waals surface area contributed by atoms with Crippen molar-refractivity contribution < 1.29 is 0 Å². The molecule has 0 aliphatic carbocycles. The van der Waals surface area contributed by atoms with E-state index in [9.17, 15) is 0 Å². The first-order chi connectivity index (χ1) is 9.78. The molecule has 2 aromatic rings. The molecule has 0 heterocycles. The molecule has 2 rings (SSSR count). The quantitative estimate of drug-likeness (QED) is 0.387. The Kier molecular flexibility index (Phi) is 6.25. The van der Waals surface area contributed by atoms with Crippen LogP contribution in [-0.2, 0) is 0 Å². The van der Waals surface area contributed by atoms with Gasteiger partial charge in [-0.15, -0.1) is 11.8 Å². The third-order valence-corrected chi connectivity index (χ3v) is 4.15. The van der Waals surface area contributed by atoms with Gasteiger partial charge >= 0.3 is 0 Å². The van der Waals surface area contributed by atoms with Gasteiger partial charge in [-0.1, -0.05) is 41.6 Å². The second kappa shape index (κ2) is 8.20. The molecule has 0 aliphatic heterocycles. The molecule has 102 valence electrons. The minimum Gasteiger partial charge on any atom is -0.242 e. The molecule has 4 heteroatoms. The minimum atomic E-state index is 0.758. The van der Waals surface area contributed by atoms with Crippen LogP contribution in [0, 0.1) is 0 Å². The molecule has 0 aromatic heterocycles. The Morgan fingerprint density at radius 2 is 1.75 bits per heavy atom. The van der Waals surface area contributed by atoms with Crippen LogP contribution in [-0.4, -0.2) is 11.3 Å². The summed E-state index contributed by atoms with van der Waals surface area (Å²) in [6.45, 7) is 0. The topological polar surface area (TPSA) is 12.4 Å². The number of aliphatic imine (C=N–C) groups is 1. The molecular formula is C16H14ClNS2. The maximum Gasteiger partial charge on any atom is 0.0969 e. The van der Waals surface area contributed by atoms with Crippen molar-refractivity contribution in [1.82, 2.24) is 0 Å². The standard InChI is InChI=1S/C16H14ClNS2/c1-19-16(18-14-5-3-2-4-6-14)11-12-20-15-9-7-13(17)8-10-15/h2-12H,1H3. The maximum absolute atomic E-state index is 5.86. The Morgan fingerprint density at radius 3 is 2.40 bits per heavy atom. The molecule has 0 amide bonds. The van der Waals surface area contributed by atoms with Crippen molar-refractivity contribution in [3.05, 3.63) is 71.1 Å². The van der Waals surface area contributed by atoms with E-state index in [2.05, 4.69) is 4.99 Å². The van der Waals surface area contributed by atoms with E-state index in [1.54, 1.807) is 23.5 Å². The van der Waals surface area contributed by atoms with E-state index in [0.29, 0.717) is 0 Å². The lowest BCUT2D eigenvalue weighted by Crippen LogP contribution is -1.83. The highest BCUT2D eigenvalue weighted by Gasteiger charge is 1.94. The lowest BCUT2D eigenvalue weighted by molar-refractivity contribution is 1.47. The average molecular weight is 320 g/mol. The van der Waals surface area contributed by atoms with Crippen molar-refractivity contribution in [3.8, 4) is 0 Å². The van der Waals surface area contributed by atoms with Gasteiger partial charge in [0, 0.05) is 9.92 Å². The summed E-state index contributed by atoms with van der Waals surface area (Å²) in [6, 6.07) is 17.8. The van der Waals surface area contributed by atoms with E-state index in [4.69, 9.17) is 11.6 Å². The summed E-state index contributed by atoms with van der Waals surface area (Å²) < 4.78 is 0. The fourth-order valence-corrected chi connectivity index (χ4v) is 2.72. The van der Waals surface area contributed by atoms with Crippen LogP contribution in [0.5, 0.6) is 0 Å². The molecule has 0 saturated heterocycles. The highest BCUT2D eigenvalue weighted by molar-refractivity contribution is 8.13. The molecule has 0 radical (unpaired) electrons. The van der Waals surface area contributed by atoms with Gasteiger partial charge in [0.15, 0.2) is 0 Å². The van der Waals surface area contributed by atoms with Gasteiger partial charge in [-0.25, -0.2) is 4.99 Å². The first-order valence-corrected chi connectivity index (χ1v) is 8.52. The largest absolute Gasteiger partial charge is 0.242 e. The number of nitrogens with zero attached hydrogens (tertiary/aromatic N) is 1. The molecule has 1 nitrogen and oxygen atoms in total. The minimum absolute atomic E-state index is 0.758. The highest BCUT2D eigenvalue weighted by Crippen LogP contribution is 2.22. The summed E-state index contributed by atoms with van der Waals surface area (Å²) >= 11 is 9.14. The molecule has 0 N–H and O–H groups in total. The predicted molar refractivity (Wildman–Crippen MR) is 93.5 cm³/mol. The summed E-state index contributed by atoms with van der Waals surface area (Å²) in [6.07, 6.45) is 4.05. The second-order valence-corrected chi connectivity index (χ2v) is 6.11. The van der Waals surface area contributed by atoms with Crippen LogP contribution < -0.4 is 0 Å². The molecule has 0 bridgehead atoms. The zero-order valence-electron chi connectivity index (χ0n) is 11.0. The Labute approximate surface area is 133 Å². The van der Waals surface area contributed by atoms with Crippen molar-refractivity contribution in [2.75, 3.05) is 6.26 Å². The first kappa shape index (κ1) is 15.2. The van der Waals surface area contributed by atoms with E-state index < -0.39 is 0 Å². The second-order valence-electron chi connectivity index (χ2n) is 3.86. The van der Waals surface area contributed by atoms with E-state index >= 15 is 0 Å². The smallest absolute Gasteiger partial charge is 0.0969 e. The van der Waals surface area contributed by atoms with Gasteiger partial charge < -0.3 is 0 Å². The fraction of sp³-hybridized carbons (Fsp3) is 0.0625. The normalized spacial score (nSPS) is 12.0. The summed E-state index contributed by atoms with van der Waals surface area (Å²) in [5, 5.41) is 3.79. The lowest BCUT2D eigenvalue weighted by Gasteiger charge is -1.98. The number of halogens is 1. The van der Waals surface area contributed by atoms with Crippen molar-refractivity contribution in [1.29, 1.82) is 0 Å². The molecule has 0 aliphatic rings. The third kappa shape index (κ3) is 5.08. The summed E-state index contributed by atoms with van der Waals surface area (Å²) in [5.41, 5.74) is 0.970. The Bertz CT molecular complexity index is 592. The predicted octanol–water partition coefficient (Wildman–Crippen LogP) is 6.04. The SMILES string of the molecule is CSC(C=CSc1ccc(Cl)cc1)=Nc1ccccc1. The third-order valence-electron chi connectivity index (χ3n) is 2.43. The van der Waals surface area contributed by atoms with E-state index in [0.717, 1.165) is 20.6 Å². The van der Waals surface area contributed by atoms with Gasteiger partial charge in [0.2, 0.25) is 0 Å². The Hall–Kier alpha value is -1.16. The first-order valence-electron chi connectivity index (χ1n) is 6.04. The van der Waals surface area contributed by atoms with Gasteiger partial charge in [-0.3, -0.25) is 0 Å². The highest BCUT2D eigenvalue weighted by atomic mass is 35.5. The molecule has 20 heavy (non-hydrogen) atoms. The summed E-state index contributed by atoms with van der Waals surface area (Å²) in [5.74, 6) is 0. The number of thioether (sulfide) groups is 2. The van der Waals surface area contributed by atoms with Crippen LogP contribution in [0.3, 0.4) is 0 Å². The van der Waals surface area contributed by atoms with Gasteiger partial charge in [0.1, 0.15) is 0 Å². The van der Waals surface area contributed by atoms with Gasteiger partial charge in [-0.2, -0.15) is 0 Å². The van der Waals surface area contributed by atoms with Gasteiger partial charge in [-0.05, 0) is 54.1 Å². The van der Waals surface area contributed by atoms with Crippen molar-refractivity contribution in [2.24, 2.45) is 4.99 Å². The van der Waals surface area contributed by atoms with Gasteiger partial charge in [0.05, 0.1) is 10.7 Å². The monoisotopic (exact) mass is 319 g/mol. The summed E-state index contributed by atoms with van der Waals surface area (Å²) in [7, 11) is 0. The van der Waals surface area contributed by atoms with Crippen molar-refractivity contribution in [3.63, 3.8) is 0 Å². The van der Waals surface area contributed by atoms with E-state index in [1.165, 1.54) is 0 Å². The number of rotatable bonds is 4. The van der Waals surface area contributed by atoms with Crippen LogP contribution >= 0.6 is 35.1 Å². The molecular weight excluding hydrogens is 306 g/mol. The fourth-order valence-electron chi connectivity index (χ4n) is 1.46. The molecule has 0 unspecified atom stereocenters. The number of hydrogen-bond acceptors (Lipinski definition) is 3. The number of hydrogen-bond donors (Lipinski definition) is 0. The van der Waals surface area contributed by atoms with E-state index in [1.807, 2.05) is 72.3 Å².